The van der Waals surface area contributed by atoms with Gasteiger partial charge in [-0.1, -0.05) is 19.8 Å². The number of hydrogen-bond acceptors (Lipinski definition) is 4. The van der Waals surface area contributed by atoms with Gasteiger partial charge in [0.1, 0.15) is 11.5 Å². The second-order valence-corrected chi connectivity index (χ2v) is 9.86. The zero-order valence-corrected chi connectivity index (χ0v) is 17.9. The van der Waals surface area contributed by atoms with Crippen molar-refractivity contribution in [2.75, 3.05) is 23.7 Å². The number of fused-ring (bicyclic) bond motifs is 1. The molecule has 1 fully saturated rings. The minimum atomic E-state index is -3.29. The average Bonchev–Trinajstić information content (AvgIpc) is 3.27. The molecule has 0 saturated carbocycles. The molecule has 156 valence electrons. The van der Waals surface area contributed by atoms with Crippen LogP contribution in [0.1, 0.15) is 66.1 Å². The van der Waals surface area contributed by atoms with Crippen LogP contribution < -0.4 is 4.31 Å². The number of amides is 1. The molecule has 2 aromatic rings. The van der Waals surface area contributed by atoms with Gasteiger partial charge in [0.15, 0.2) is 0 Å². The van der Waals surface area contributed by atoms with Crippen molar-refractivity contribution in [3.05, 3.63) is 53.0 Å². The van der Waals surface area contributed by atoms with Crippen LogP contribution >= 0.6 is 0 Å². The lowest BCUT2D eigenvalue weighted by molar-refractivity contribution is 0.0657. The smallest absolute Gasteiger partial charge is 0.254 e. The number of sulfonamides is 1. The van der Waals surface area contributed by atoms with Crippen LogP contribution in [0, 0.1) is 0 Å². The average molecular weight is 417 g/mol. The summed E-state index contributed by atoms with van der Waals surface area (Å²) >= 11 is 0. The molecule has 29 heavy (non-hydrogen) atoms. The number of anilines is 1. The quantitative estimate of drug-likeness (QED) is 0.757. The van der Waals surface area contributed by atoms with Crippen LogP contribution in [0.5, 0.6) is 0 Å². The molecule has 0 N–H and O–H groups in total. The summed E-state index contributed by atoms with van der Waals surface area (Å²) in [6, 6.07) is 9.34. The Morgan fingerprint density at radius 3 is 2.69 bits per heavy atom. The minimum absolute atomic E-state index is 0.00745. The fourth-order valence-electron chi connectivity index (χ4n) is 4.43. The Labute approximate surface area is 172 Å². The molecule has 6 nitrogen and oxygen atoms in total. The molecule has 1 atom stereocenters. The zero-order chi connectivity index (χ0) is 20.6. The van der Waals surface area contributed by atoms with Gasteiger partial charge in [0.25, 0.3) is 5.91 Å². The van der Waals surface area contributed by atoms with Crippen LogP contribution in [0.15, 0.2) is 34.7 Å². The predicted molar refractivity (Wildman–Crippen MR) is 113 cm³/mol. The van der Waals surface area contributed by atoms with Crippen molar-refractivity contribution in [1.29, 1.82) is 0 Å². The lowest BCUT2D eigenvalue weighted by atomic mass is 10.0. The molecule has 3 heterocycles. The number of benzene rings is 1. The number of hydrogen-bond donors (Lipinski definition) is 0. The summed E-state index contributed by atoms with van der Waals surface area (Å²) < 4.78 is 31.4. The van der Waals surface area contributed by atoms with Crippen LogP contribution in [0.4, 0.5) is 5.69 Å². The van der Waals surface area contributed by atoms with Crippen molar-refractivity contribution in [2.24, 2.45) is 0 Å². The fourth-order valence-corrected chi connectivity index (χ4v) is 5.38. The number of likely N-dealkylation sites (tertiary alicyclic amines) is 1. The number of nitrogens with zero attached hydrogens (tertiary/aromatic N) is 2. The second-order valence-electron chi connectivity index (χ2n) is 7.95. The molecule has 1 saturated heterocycles. The Kier molecular flexibility index (Phi) is 5.42. The molecule has 1 amide bonds. The highest BCUT2D eigenvalue weighted by Gasteiger charge is 2.31. The summed E-state index contributed by atoms with van der Waals surface area (Å²) in [5.74, 6) is 1.79. The highest BCUT2D eigenvalue weighted by Crippen LogP contribution is 2.35. The Bertz CT molecular complexity index is 1010. The first-order valence-electron chi connectivity index (χ1n) is 10.4. The standard InChI is InChI=1S/C22H28N2O4S/c1-3-18-9-11-21(28-18)20-7-5-4-6-13-23(20)22(25)17-8-10-19-16(15-17)12-14-24(19)29(2,26)27/h8-11,15,20H,3-7,12-14H2,1-2H3. The summed E-state index contributed by atoms with van der Waals surface area (Å²) in [4.78, 5) is 15.4. The van der Waals surface area contributed by atoms with Crippen LogP contribution in [0.25, 0.3) is 0 Å². The van der Waals surface area contributed by atoms with Gasteiger partial charge in [-0.25, -0.2) is 8.42 Å². The van der Waals surface area contributed by atoms with E-state index in [2.05, 4.69) is 6.92 Å². The van der Waals surface area contributed by atoms with E-state index in [1.807, 2.05) is 23.1 Å². The minimum Gasteiger partial charge on any atom is -0.464 e. The Morgan fingerprint density at radius 2 is 1.97 bits per heavy atom. The van der Waals surface area contributed by atoms with Crippen molar-refractivity contribution < 1.29 is 17.6 Å². The van der Waals surface area contributed by atoms with Crippen molar-refractivity contribution in [3.63, 3.8) is 0 Å². The van der Waals surface area contributed by atoms with E-state index < -0.39 is 10.0 Å². The maximum atomic E-state index is 13.4. The third kappa shape index (κ3) is 3.92. The molecule has 4 rings (SSSR count). The lowest BCUT2D eigenvalue weighted by Crippen LogP contribution is -2.34. The normalized spacial score (nSPS) is 19.9. The Morgan fingerprint density at radius 1 is 1.14 bits per heavy atom. The molecule has 0 bridgehead atoms. The molecule has 2 aliphatic rings. The van der Waals surface area contributed by atoms with E-state index in [0.29, 0.717) is 30.8 Å². The van der Waals surface area contributed by atoms with Gasteiger partial charge in [0.05, 0.1) is 18.0 Å². The van der Waals surface area contributed by atoms with E-state index in [0.717, 1.165) is 49.2 Å². The summed E-state index contributed by atoms with van der Waals surface area (Å²) in [5.41, 5.74) is 2.22. The van der Waals surface area contributed by atoms with Crippen LogP contribution in [-0.2, 0) is 22.9 Å². The molecule has 0 aliphatic carbocycles. The van der Waals surface area contributed by atoms with Gasteiger partial charge in [0, 0.05) is 25.1 Å². The molecule has 7 heteroatoms. The summed E-state index contributed by atoms with van der Waals surface area (Å²) in [6.45, 7) is 3.20. The largest absolute Gasteiger partial charge is 0.464 e. The number of furan rings is 1. The van der Waals surface area contributed by atoms with Crippen LogP contribution in [0.2, 0.25) is 0 Å². The molecule has 1 aromatic heterocycles. The summed E-state index contributed by atoms with van der Waals surface area (Å²) in [5, 5.41) is 0. The third-order valence-electron chi connectivity index (χ3n) is 5.95. The molecule has 0 spiro atoms. The van der Waals surface area contributed by atoms with Crippen LogP contribution in [-0.4, -0.2) is 38.6 Å². The van der Waals surface area contributed by atoms with Gasteiger partial charge in [0.2, 0.25) is 10.0 Å². The maximum absolute atomic E-state index is 13.4. The number of rotatable bonds is 4. The monoisotopic (exact) mass is 416 g/mol. The first kappa shape index (κ1) is 20.0. The van der Waals surface area contributed by atoms with E-state index in [-0.39, 0.29) is 11.9 Å². The van der Waals surface area contributed by atoms with Crippen molar-refractivity contribution in [1.82, 2.24) is 4.90 Å². The Balaban J connectivity index is 1.63. The number of carbonyl (C=O) groups excluding carboxylic acids is 1. The van der Waals surface area contributed by atoms with E-state index in [1.54, 1.807) is 12.1 Å². The van der Waals surface area contributed by atoms with Crippen molar-refractivity contribution >= 4 is 21.6 Å². The second kappa shape index (κ2) is 7.86. The van der Waals surface area contributed by atoms with E-state index in [4.69, 9.17) is 4.42 Å². The molecule has 1 unspecified atom stereocenters. The first-order chi connectivity index (χ1) is 13.9. The number of carbonyl (C=O) groups is 1. The highest BCUT2D eigenvalue weighted by atomic mass is 32.2. The fraction of sp³-hybridized carbons (Fsp3) is 0.500. The van der Waals surface area contributed by atoms with Gasteiger partial charge in [-0.15, -0.1) is 0 Å². The molecule has 1 aromatic carbocycles. The van der Waals surface area contributed by atoms with Gasteiger partial charge in [-0.05, 0) is 55.2 Å². The van der Waals surface area contributed by atoms with Gasteiger partial charge < -0.3 is 9.32 Å². The SMILES string of the molecule is CCc1ccc(C2CCCCCN2C(=O)c2ccc3c(c2)CCN3S(C)(=O)=O)o1. The maximum Gasteiger partial charge on any atom is 0.254 e. The van der Waals surface area contributed by atoms with Crippen molar-refractivity contribution in [3.8, 4) is 0 Å². The number of aryl methyl sites for hydroxylation is 1. The van der Waals surface area contributed by atoms with E-state index in [9.17, 15) is 13.2 Å². The van der Waals surface area contributed by atoms with Gasteiger partial charge in [-0.2, -0.15) is 0 Å². The zero-order valence-electron chi connectivity index (χ0n) is 17.1. The first-order valence-corrected chi connectivity index (χ1v) is 12.2. The topological polar surface area (TPSA) is 70.8 Å². The Hall–Kier alpha value is -2.28. The summed E-state index contributed by atoms with van der Waals surface area (Å²) in [6.07, 6.45) is 6.75. The summed E-state index contributed by atoms with van der Waals surface area (Å²) in [7, 11) is -3.29. The van der Waals surface area contributed by atoms with Gasteiger partial charge >= 0.3 is 0 Å². The van der Waals surface area contributed by atoms with Crippen LogP contribution in [0.3, 0.4) is 0 Å². The third-order valence-corrected chi connectivity index (χ3v) is 7.13. The molecular formula is C22H28N2O4S. The molecule has 2 aliphatic heterocycles. The van der Waals surface area contributed by atoms with E-state index >= 15 is 0 Å². The lowest BCUT2D eigenvalue weighted by Gasteiger charge is -2.29. The van der Waals surface area contributed by atoms with E-state index in [1.165, 1.54) is 10.6 Å². The van der Waals surface area contributed by atoms with Crippen molar-refractivity contribution in [2.45, 2.75) is 51.5 Å². The predicted octanol–water partition coefficient (Wildman–Crippen LogP) is 3.92. The molecule has 0 radical (unpaired) electrons. The van der Waals surface area contributed by atoms with Gasteiger partial charge in [-0.3, -0.25) is 9.10 Å². The molecular weight excluding hydrogens is 388 g/mol. The highest BCUT2D eigenvalue weighted by molar-refractivity contribution is 7.92.